The summed E-state index contributed by atoms with van der Waals surface area (Å²) in [6.45, 7) is 1.25. The van der Waals surface area contributed by atoms with Crippen LogP contribution < -0.4 is 10.1 Å². The Bertz CT molecular complexity index is 530. The number of sulfonamides is 1. The molecule has 5 nitrogen and oxygen atoms in total. The van der Waals surface area contributed by atoms with Gasteiger partial charge in [-0.1, -0.05) is 12.1 Å². The van der Waals surface area contributed by atoms with E-state index < -0.39 is 10.0 Å². The Morgan fingerprint density at radius 2 is 2.16 bits per heavy atom. The molecule has 1 atom stereocenters. The van der Waals surface area contributed by atoms with Crippen LogP contribution in [-0.4, -0.2) is 46.0 Å². The second-order valence-electron chi connectivity index (χ2n) is 4.62. The van der Waals surface area contributed by atoms with Gasteiger partial charge in [-0.2, -0.15) is 4.31 Å². The van der Waals surface area contributed by atoms with Crippen molar-refractivity contribution in [3.8, 4) is 5.75 Å². The Morgan fingerprint density at radius 1 is 1.42 bits per heavy atom. The van der Waals surface area contributed by atoms with Gasteiger partial charge >= 0.3 is 0 Å². The molecule has 0 unspecified atom stereocenters. The molecule has 19 heavy (non-hydrogen) atoms. The minimum absolute atomic E-state index is 0.0277. The number of hydrogen-bond donors (Lipinski definition) is 1. The van der Waals surface area contributed by atoms with Gasteiger partial charge < -0.3 is 10.1 Å². The number of rotatable bonds is 5. The van der Waals surface area contributed by atoms with Crippen molar-refractivity contribution in [2.24, 2.45) is 0 Å². The normalized spacial score (nSPS) is 20.6. The van der Waals surface area contributed by atoms with E-state index in [4.69, 9.17) is 4.74 Å². The van der Waals surface area contributed by atoms with Crippen LogP contribution in [0.25, 0.3) is 0 Å². The summed E-state index contributed by atoms with van der Waals surface area (Å²) in [6, 6.07) is 6.80. The number of nitrogens with zero attached hydrogens (tertiary/aromatic N) is 1. The molecule has 1 aromatic rings. The zero-order chi connectivity index (χ0) is 13.9. The fourth-order valence-corrected chi connectivity index (χ4v) is 4.37. The quantitative estimate of drug-likeness (QED) is 0.878. The standard InChI is InChI=1S/C13H20N2O3S/c1-14-10-11-6-5-9-15(11)19(16,17)13-8-4-3-7-12(13)18-2/h3-4,7-8,11,14H,5-6,9-10H2,1-2H3/t11-/m1/s1. The summed E-state index contributed by atoms with van der Waals surface area (Å²) in [4.78, 5) is 0.250. The molecule has 0 radical (unpaired) electrons. The molecule has 0 aliphatic carbocycles. The highest BCUT2D eigenvalue weighted by molar-refractivity contribution is 7.89. The van der Waals surface area contributed by atoms with Crippen LogP contribution >= 0.6 is 0 Å². The maximum absolute atomic E-state index is 12.7. The lowest BCUT2D eigenvalue weighted by Crippen LogP contribution is -2.40. The van der Waals surface area contributed by atoms with Crippen LogP contribution in [0, 0.1) is 0 Å². The number of nitrogens with one attached hydrogen (secondary N) is 1. The third-order valence-electron chi connectivity index (χ3n) is 3.42. The molecule has 0 bridgehead atoms. The average molecular weight is 284 g/mol. The highest BCUT2D eigenvalue weighted by Crippen LogP contribution is 2.30. The van der Waals surface area contributed by atoms with Crippen molar-refractivity contribution in [1.82, 2.24) is 9.62 Å². The molecule has 0 aromatic heterocycles. The van der Waals surface area contributed by atoms with Crippen molar-refractivity contribution in [1.29, 1.82) is 0 Å². The van der Waals surface area contributed by atoms with Crippen LogP contribution in [0.4, 0.5) is 0 Å². The molecule has 1 fully saturated rings. The van der Waals surface area contributed by atoms with Gasteiger partial charge in [-0.3, -0.25) is 0 Å². The zero-order valence-corrected chi connectivity index (χ0v) is 12.1. The van der Waals surface area contributed by atoms with Gasteiger partial charge in [0.25, 0.3) is 0 Å². The second kappa shape index (κ2) is 5.90. The Hall–Kier alpha value is -1.11. The van der Waals surface area contributed by atoms with E-state index in [1.165, 1.54) is 7.11 Å². The molecule has 1 aliphatic rings. The molecular weight excluding hydrogens is 264 g/mol. The first-order valence-electron chi connectivity index (χ1n) is 6.40. The molecule has 1 saturated heterocycles. The van der Waals surface area contributed by atoms with Crippen molar-refractivity contribution >= 4 is 10.0 Å². The summed E-state index contributed by atoms with van der Waals surface area (Å²) in [6.07, 6.45) is 1.80. The Labute approximate surface area is 114 Å². The predicted molar refractivity (Wildman–Crippen MR) is 73.8 cm³/mol. The van der Waals surface area contributed by atoms with Gasteiger partial charge in [0.1, 0.15) is 10.6 Å². The number of ether oxygens (including phenoxy) is 1. The van der Waals surface area contributed by atoms with Crippen molar-refractivity contribution in [2.45, 2.75) is 23.8 Å². The third kappa shape index (κ3) is 2.75. The molecule has 1 N–H and O–H groups in total. The number of likely N-dealkylation sites (N-methyl/N-ethyl adjacent to an activating group) is 1. The van der Waals surface area contributed by atoms with Gasteiger partial charge in [0, 0.05) is 19.1 Å². The first kappa shape index (κ1) is 14.3. The van der Waals surface area contributed by atoms with Crippen molar-refractivity contribution in [2.75, 3.05) is 27.2 Å². The SMILES string of the molecule is CNC[C@H]1CCCN1S(=O)(=O)c1ccccc1OC. The maximum atomic E-state index is 12.7. The summed E-state index contributed by atoms with van der Waals surface area (Å²) < 4.78 is 32.2. The minimum Gasteiger partial charge on any atom is -0.495 e. The van der Waals surface area contributed by atoms with Crippen molar-refractivity contribution in [3.63, 3.8) is 0 Å². The third-order valence-corrected chi connectivity index (χ3v) is 5.41. The summed E-state index contributed by atoms with van der Waals surface area (Å²) in [5, 5.41) is 3.05. The summed E-state index contributed by atoms with van der Waals surface area (Å²) >= 11 is 0. The molecular formula is C13H20N2O3S. The topological polar surface area (TPSA) is 58.6 Å². The number of benzene rings is 1. The van der Waals surface area contributed by atoms with E-state index in [1.807, 2.05) is 7.05 Å². The van der Waals surface area contributed by atoms with E-state index in [-0.39, 0.29) is 10.9 Å². The Balaban J connectivity index is 2.36. The second-order valence-corrected chi connectivity index (χ2v) is 6.48. The van der Waals surface area contributed by atoms with E-state index in [0.717, 1.165) is 12.8 Å². The number of hydrogen-bond acceptors (Lipinski definition) is 4. The Kier molecular flexibility index (Phi) is 4.44. The highest BCUT2D eigenvalue weighted by atomic mass is 32.2. The lowest BCUT2D eigenvalue weighted by molar-refractivity contribution is 0.370. The van der Waals surface area contributed by atoms with Gasteiger partial charge in [0.2, 0.25) is 10.0 Å². The van der Waals surface area contributed by atoms with Crippen LogP contribution in [0.15, 0.2) is 29.2 Å². The highest BCUT2D eigenvalue weighted by Gasteiger charge is 2.36. The molecule has 106 valence electrons. The van der Waals surface area contributed by atoms with Gasteiger partial charge in [0.15, 0.2) is 0 Å². The van der Waals surface area contributed by atoms with Gasteiger partial charge in [-0.05, 0) is 32.0 Å². The lowest BCUT2D eigenvalue weighted by Gasteiger charge is -2.24. The summed E-state index contributed by atoms with van der Waals surface area (Å²) in [5.74, 6) is 0.401. The van der Waals surface area contributed by atoms with Crippen LogP contribution in [0.5, 0.6) is 5.75 Å². The van der Waals surface area contributed by atoms with E-state index in [9.17, 15) is 8.42 Å². The maximum Gasteiger partial charge on any atom is 0.247 e. The van der Waals surface area contributed by atoms with Crippen molar-refractivity contribution in [3.05, 3.63) is 24.3 Å². The summed E-state index contributed by atoms with van der Waals surface area (Å²) in [5.41, 5.74) is 0. The zero-order valence-electron chi connectivity index (χ0n) is 11.3. The van der Waals surface area contributed by atoms with Gasteiger partial charge in [-0.25, -0.2) is 8.42 Å². The number of para-hydroxylation sites is 1. The largest absolute Gasteiger partial charge is 0.495 e. The molecule has 1 aromatic carbocycles. The van der Waals surface area contributed by atoms with Crippen LogP contribution in [-0.2, 0) is 10.0 Å². The monoisotopic (exact) mass is 284 g/mol. The lowest BCUT2D eigenvalue weighted by atomic mass is 10.2. The molecule has 0 amide bonds. The van der Waals surface area contributed by atoms with Crippen LogP contribution in [0.2, 0.25) is 0 Å². The average Bonchev–Trinajstić information content (AvgIpc) is 2.88. The first-order valence-corrected chi connectivity index (χ1v) is 7.84. The smallest absolute Gasteiger partial charge is 0.247 e. The molecule has 6 heteroatoms. The van der Waals surface area contributed by atoms with Gasteiger partial charge in [-0.15, -0.1) is 0 Å². The van der Waals surface area contributed by atoms with Gasteiger partial charge in [0.05, 0.1) is 7.11 Å². The fourth-order valence-electron chi connectivity index (χ4n) is 2.52. The van der Waals surface area contributed by atoms with E-state index in [0.29, 0.717) is 18.8 Å². The van der Waals surface area contributed by atoms with E-state index in [1.54, 1.807) is 28.6 Å². The predicted octanol–water partition coefficient (Wildman–Crippen LogP) is 1.07. The molecule has 2 rings (SSSR count). The minimum atomic E-state index is -3.48. The number of methoxy groups -OCH3 is 1. The Morgan fingerprint density at radius 3 is 2.84 bits per heavy atom. The van der Waals surface area contributed by atoms with Crippen LogP contribution in [0.1, 0.15) is 12.8 Å². The van der Waals surface area contributed by atoms with Crippen molar-refractivity contribution < 1.29 is 13.2 Å². The van der Waals surface area contributed by atoms with E-state index >= 15 is 0 Å². The first-order chi connectivity index (χ1) is 9.11. The molecule has 1 heterocycles. The molecule has 0 saturated carbocycles. The van der Waals surface area contributed by atoms with E-state index in [2.05, 4.69) is 5.32 Å². The summed E-state index contributed by atoms with van der Waals surface area (Å²) in [7, 11) is -0.155. The molecule has 1 aliphatic heterocycles. The van der Waals surface area contributed by atoms with Crippen LogP contribution in [0.3, 0.4) is 0 Å². The fraction of sp³-hybridized carbons (Fsp3) is 0.538. The molecule has 0 spiro atoms.